The molecule has 0 aromatic carbocycles. The highest BCUT2D eigenvalue weighted by atomic mass is 79.9. The van der Waals surface area contributed by atoms with Gasteiger partial charge in [0, 0.05) is 0 Å². The molecule has 0 spiro atoms. The maximum atomic E-state index is 9.85. The fourth-order valence-corrected chi connectivity index (χ4v) is 2.18. The Balaban J connectivity index is 2.91. The summed E-state index contributed by atoms with van der Waals surface area (Å²) in [5.41, 5.74) is 0. The molecule has 0 aliphatic carbocycles. The fraction of sp³-hybridized carbons (Fsp3) is 0. The third-order valence-corrected chi connectivity index (χ3v) is 2.70. The van der Waals surface area contributed by atoms with Gasteiger partial charge in [-0.3, -0.25) is 4.79 Å². The van der Waals surface area contributed by atoms with Gasteiger partial charge in [0.05, 0.1) is 8.81 Å². The van der Waals surface area contributed by atoms with Crippen LogP contribution in [0.15, 0.2) is 9.85 Å². The molecule has 0 aliphatic rings. The predicted octanol–water partition coefficient (Wildman–Crippen LogP) is 2.70. The topological polar surface area (TPSA) is 26.3 Å². The minimum atomic E-state index is 0.351. The quantitative estimate of drug-likeness (QED) is 0.744. The molecule has 0 atom stereocenters. The van der Waals surface area contributed by atoms with Gasteiger partial charge in [-0.15, -0.1) is 0 Å². The second kappa shape index (κ2) is 3.37. The highest BCUT2D eigenvalue weighted by molar-refractivity contribution is 9.11. The van der Waals surface area contributed by atoms with Crippen LogP contribution in [0.4, 0.5) is 0 Å². The Bertz CT molecular complexity index is 248. The van der Waals surface area contributed by atoms with Crippen molar-refractivity contribution < 1.29 is 9.53 Å². The molecule has 0 aliphatic heterocycles. The molecular weight excluding hydrogens is 239 g/mol. The number of rotatable bonds is 2. The molecule has 2 nitrogen and oxygen atoms in total. The van der Waals surface area contributed by atoms with E-state index in [1.54, 1.807) is 6.07 Å². The molecule has 1 heterocycles. The maximum Gasteiger partial charge on any atom is 0.299 e. The van der Waals surface area contributed by atoms with E-state index in [0.717, 1.165) is 3.79 Å². The Kier molecular flexibility index (Phi) is 2.71. The van der Waals surface area contributed by atoms with Gasteiger partial charge in [0.2, 0.25) is 5.06 Å². The van der Waals surface area contributed by atoms with Crippen molar-refractivity contribution in [3.05, 3.63) is 14.9 Å². The van der Waals surface area contributed by atoms with Crippen LogP contribution in [-0.2, 0) is 4.79 Å². The lowest BCUT2D eigenvalue weighted by Gasteiger charge is -1.88. The Hall–Kier alpha value is -0.0600. The summed E-state index contributed by atoms with van der Waals surface area (Å²) in [4.78, 5) is 9.85. The van der Waals surface area contributed by atoms with E-state index in [-0.39, 0.29) is 0 Å². The Morgan fingerprint density at radius 3 is 2.90 bits per heavy atom. The number of hydrogen-bond acceptors (Lipinski definition) is 3. The first-order chi connectivity index (χ1) is 4.74. The van der Waals surface area contributed by atoms with Gasteiger partial charge >= 0.3 is 0 Å². The van der Waals surface area contributed by atoms with E-state index in [9.17, 15) is 4.79 Å². The molecule has 0 fully saturated rings. The van der Waals surface area contributed by atoms with Crippen molar-refractivity contribution in [3.8, 4) is 5.06 Å². The van der Waals surface area contributed by atoms with Crippen LogP contribution in [-0.4, -0.2) is 6.47 Å². The SMILES string of the molecule is O=COc1sc(Br)cc1Cl. The Morgan fingerprint density at radius 1 is 1.80 bits per heavy atom. The summed E-state index contributed by atoms with van der Waals surface area (Å²) in [5.74, 6) is 0. The molecule has 0 radical (unpaired) electrons. The summed E-state index contributed by atoms with van der Waals surface area (Å²) in [7, 11) is 0. The van der Waals surface area contributed by atoms with Crippen LogP contribution in [0.3, 0.4) is 0 Å². The molecule has 1 aromatic heterocycles. The average molecular weight is 241 g/mol. The normalized spacial score (nSPS) is 9.40. The third kappa shape index (κ3) is 1.71. The average Bonchev–Trinajstić information content (AvgIpc) is 2.13. The Labute approximate surface area is 74.9 Å². The van der Waals surface area contributed by atoms with E-state index in [0.29, 0.717) is 16.6 Å². The highest BCUT2D eigenvalue weighted by Crippen LogP contribution is 2.37. The van der Waals surface area contributed by atoms with E-state index in [4.69, 9.17) is 11.6 Å². The van der Waals surface area contributed by atoms with Crippen LogP contribution < -0.4 is 4.74 Å². The van der Waals surface area contributed by atoms with Crippen molar-refractivity contribution in [1.29, 1.82) is 0 Å². The van der Waals surface area contributed by atoms with Gasteiger partial charge < -0.3 is 4.74 Å². The van der Waals surface area contributed by atoms with Gasteiger partial charge in [-0.25, -0.2) is 0 Å². The van der Waals surface area contributed by atoms with E-state index >= 15 is 0 Å². The van der Waals surface area contributed by atoms with E-state index < -0.39 is 0 Å². The van der Waals surface area contributed by atoms with Crippen LogP contribution in [0.1, 0.15) is 0 Å². The number of thiophene rings is 1. The van der Waals surface area contributed by atoms with Gasteiger partial charge in [0.15, 0.2) is 0 Å². The minimum absolute atomic E-state index is 0.351. The van der Waals surface area contributed by atoms with Crippen LogP contribution >= 0.6 is 38.9 Å². The number of carbonyl (C=O) groups excluding carboxylic acids is 1. The molecule has 5 heteroatoms. The molecule has 10 heavy (non-hydrogen) atoms. The summed E-state index contributed by atoms with van der Waals surface area (Å²) in [6.07, 6.45) is 0. The van der Waals surface area contributed by atoms with E-state index in [1.165, 1.54) is 11.3 Å². The molecule has 0 saturated carbocycles. The van der Waals surface area contributed by atoms with Gasteiger partial charge in [0.1, 0.15) is 0 Å². The number of hydrogen-bond donors (Lipinski definition) is 0. The lowest BCUT2D eigenvalue weighted by molar-refractivity contribution is -0.120. The smallest absolute Gasteiger partial charge is 0.299 e. The van der Waals surface area contributed by atoms with Crippen molar-refractivity contribution in [2.45, 2.75) is 0 Å². The van der Waals surface area contributed by atoms with Crippen molar-refractivity contribution in [1.82, 2.24) is 0 Å². The summed E-state index contributed by atoms with van der Waals surface area (Å²) >= 11 is 10.1. The van der Waals surface area contributed by atoms with Crippen molar-refractivity contribution >= 4 is 45.3 Å². The van der Waals surface area contributed by atoms with Crippen LogP contribution in [0, 0.1) is 0 Å². The predicted molar refractivity (Wildman–Crippen MR) is 43.7 cm³/mol. The summed E-state index contributed by atoms with van der Waals surface area (Å²) in [6.45, 7) is 0.351. The van der Waals surface area contributed by atoms with Gasteiger partial charge in [-0.2, -0.15) is 0 Å². The molecule has 0 saturated heterocycles. The first-order valence-electron chi connectivity index (χ1n) is 2.29. The largest absolute Gasteiger partial charge is 0.416 e. The molecule has 1 aromatic rings. The van der Waals surface area contributed by atoms with Crippen molar-refractivity contribution in [3.63, 3.8) is 0 Å². The number of halogens is 2. The first-order valence-corrected chi connectivity index (χ1v) is 4.28. The summed E-state index contributed by atoms with van der Waals surface area (Å²) < 4.78 is 5.38. The van der Waals surface area contributed by atoms with Gasteiger partial charge in [-0.1, -0.05) is 22.9 Å². The van der Waals surface area contributed by atoms with Gasteiger partial charge in [-0.05, 0) is 22.0 Å². The van der Waals surface area contributed by atoms with E-state index in [1.807, 2.05) is 0 Å². The number of ether oxygens (including phenoxy) is 1. The van der Waals surface area contributed by atoms with Crippen molar-refractivity contribution in [2.24, 2.45) is 0 Å². The van der Waals surface area contributed by atoms with Crippen LogP contribution in [0.2, 0.25) is 5.02 Å². The Morgan fingerprint density at radius 2 is 2.50 bits per heavy atom. The molecule has 0 amide bonds. The molecule has 0 unspecified atom stereocenters. The third-order valence-electron chi connectivity index (χ3n) is 0.781. The summed E-state index contributed by atoms with van der Waals surface area (Å²) in [6, 6.07) is 1.67. The maximum absolute atomic E-state index is 9.85. The zero-order valence-electron chi connectivity index (χ0n) is 4.64. The zero-order chi connectivity index (χ0) is 7.56. The molecule has 0 bridgehead atoms. The summed E-state index contributed by atoms with van der Waals surface area (Å²) in [5, 5.41) is 0.868. The van der Waals surface area contributed by atoms with E-state index in [2.05, 4.69) is 20.7 Å². The molecule has 54 valence electrons. The zero-order valence-corrected chi connectivity index (χ0v) is 7.79. The standard InChI is InChI=1S/C5H2BrClO2S/c6-4-1-3(7)5(10-4)9-2-8/h1-2H. The fourth-order valence-electron chi connectivity index (χ4n) is 0.449. The second-order valence-electron chi connectivity index (χ2n) is 1.40. The first kappa shape index (κ1) is 8.04. The lowest BCUT2D eigenvalue weighted by Crippen LogP contribution is -1.83. The van der Waals surface area contributed by atoms with Crippen LogP contribution in [0.5, 0.6) is 5.06 Å². The second-order valence-corrected chi connectivity index (χ2v) is 4.20. The minimum Gasteiger partial charge on any atom is -0.416 e. The monoisotopic (exact) mass is 240 g/mol. The molecule has 0 N–H and O–H groups in total. The van der Waals surface area contributed by atoms with Gasteiger partial charge in [0.25, 0.3) is 6.47 Å². The number of carbonyl (C=O) groups is 1. The van der Waals surface area contributed by atoms with Crippen molar-refractivity contribution in [2.75, 3.05) is 0 Å². The highest BCUT2D eigenvalue weighted by Gasteiger charge is 2.05. The lowest BCUT2D eigenvalue weighted by atomic mass is 10.6. The molecular formula is C5H2BrClO2S. The van der Waals surface area contributed by atoms with Crippen LogP contribution in [0.25, 0.3) is 0 Å². The molecule has 1 rings (SSSR count).